The first-order valence-electron chi connectivity index (χ1n) is 7.11. The van der Waals surface area contributed by atoms with E-state index < -0.39 is 40.9 Å². The lowest BCUT2D eigenvalue weighted by Crippen LogP contribution is -2.69. The van der Waals surface area contributed by atoms with Crippen LogP contribution in [0.1, 0.15) is 20.3 Å². The second-order valence-electron chi connectivity index (χ2n) is 5.37. The average Bonchev–Trinajstić information content (AvgIpc) is 2.88. The van der Waals surface area contributed by atoms with Crippen molar-refractivity contribution in [2.75, 3.05) is 13.2 Å². The predicted octanol–water partition coefficient (Wildman–Crippen LogP) is 0.841. The zero-order chi connectivity index (χ0) is 17.2. The van der Waals surface area contributed by atoms with Gasteiger partial charge in [0, 0.05) is 17.9 Å². The number of carbonyl (C=O) groups is 2. The monoisotopic (exact) mass is 391 g/mol. The number of nitrogens with zero attached hydrogens (tertiary/aromatic N) is 4. The molecule has 23 heavy (non-hydrogen) atoms. The van der Waals surface area contributed by atoms with E-state index in [0.29, 0.717) is 0 Å². The molecule has 0 spiro atoms. The normalized spacial score (nSPS) is 37.5. The maximum absolute atomic E-state index is 12.3. The van der Waals surface area contributed by atoms with Gasteiger partial charge in [0.05, 0.1) is 18.8 Å². The number of aliphatic hydroxyl groups is 1. The summed E-state index contributed by atoms with van der Waals surface area (Å²) in [6.07, 6.45) is -2.21. The molecule has 3 amide bonds. The van der Waals surface area contributed by atoms with Crippen LogP contribution in [0.5, 0.6) is 0 Å². The summed E-state index contributed by atoms with van der Waals surface area (Å²) in [4.78, 5) is 28.3. The van der Waals surface area contributed by atoms with Crippen LogP contribution in [0.25, 0.3) is 10.4 Å². The number of alkyl halides is 1. The van der Waals surface area contributed by atoms with Gasteiger partial charge in [0.2, 0.25) is 5.91 Å². The highest BCUT2D eigenvalue weighted by molar-refractivity contribution is 9.10. The van der Waals surface area contributed by atoms with Gasteiger partial charge in [-0.15, -0.1) is 0 Å². The summed E-state index contributed by atoms with van der Waals surface area (Å²) in [7, 11) is 0. The zero-order valence-corrected chi connectivity index (χ0v) is 14.3. The summed E-state index contributed by atoms with van der Waals surface area (Å²) in [5.41, 5.74) is 8.59. The SMILES string of the molecule is CCO[C@H]1N([C@H]2CC(N=[N+]=[N-])[C@@H](CO)O2)C(=O)NC(=O)[C@]1(C)Br. The first kappa shape index (κ1) is 18.0. The predicted molar refractivity (Wildman–Crippen MR) is 81.4 cm³/mol. The molecule has 128 valence electrons. The van der Waals surface area contributed by atoms with E-state index in [4.69, 9.17) is 15.0 Å². The summed E-state index contributed by atoms with van der Waals surface area (Å²) in [6, 6.07) is -1.27. The van der Waals surface area contributed by atoms with E-state index in [1.165, 1.54) is 4.90 Å². The van der Waals surface area contributed by atoms with Crippen LogP contribution in [0.2, 0.25) is 0 Å². The van der Waals surface area contributed by atoms with Gasteiger partial charge in [-0.25, -0.2) is 4.79 Å². The van der Waals surface area contributed by atoms with Gasteiger partial charge in [-0.05, 0) is 19.4 Å². The van der Waals surface area contributed by atoms with Crippen molar-refractivity contribution in [3.63, 3.8) is 0 Å². The summed E-state index contributed by atoms with van der Waals surface area (Å²) in [5, 5.41) is 15.2. The van der Waals surface area contributed by atoms with Crippen molar-refractivity contribution in [1.82, 2.24) is 10.2 Å². The van der Waals surface area contributed by atoms with Gasteiger partial charge in [0.1, 0.15) is 10.6 Å². The number of azide groups is 1. The van der Waals surface area contributed by atoms with E-state index in [1.807, 2.05) is 0 Å². The van der Waals surface area contributed by atoms with E-state index in [9.17, 15) is 14.7 Å². The van der Waals surface area contributed by atoms with Crippen LogP contribution < -0.4 is 5.32 Å². The number of carbonyl (C=O) groups excluding carboxylic acids is 2. The summed E-state index contributed by atoms with van der Waals surface area (Å²) < 4.78 is 10.0. The summed E-state index contributed by atoms with van der Waals surface area (Å²) >= 11 is 3.30. The Hall–Kier alpha value is -1.39. The van der Waals surface area contributed by atoms with Gasteiger partial charge in [0.25, 0.3) is 0 Å². The zero-order valence-electron chi connectivity index (χ0n) is 12.7. The molecular weight excluding hydrogens is 374 g/mol. The lowest BCUT2D eigenvalue weighted by atomic mass is 10.0. The Balaban J connectivity index is 2.29. The number of ether oxygens (including phenoxy) is 2. The van der Waals surface area contributed by atoms with Crippen molar-refractivity contribution >= 4 is 27.9 Å². The van der Waals surface area contributed by atoms with Gasteiger partial charge in [0.15, 0.2) is 6.23 Å². The van der Waals surface area contributed by atoms with E-state index in [1.54, 1.807) is 13.8 Å². The number of halogens is 1. The number of urea groups is 1. The molecule has 2 N–H and O–H groups in total. The number of imide groups is 1. The number of hydrogen-bond donors (Lipinski definition) is 2. The maximum Gasteiger partial charge on any atom is 0.328 e. The van der Waals surface area contributed by atoms with Crippen LogP contribution in [0.3, 0.4) is 0 Å². The Morgan fingerprint density at radius 1 is 1.65 bits per heavy atom. The minimum Gasteiger partial charge on any atom is -0.394 e. The molecule has 0 saturated carbocycles. The molecule has 2 fully saturated rings. The topological polar surface area (TPSA) is 137 Å². The molecule has 0 bridgehead atoms. The van der Waals surface area contributed by atoms with Crippen molar-refractivity contribution in [3.05, 3.63) is 10.4 Å². The third-order valence-corrected chi connectivity index (χ3v) is 4.59. The number of rotatable bonds is 5. The molecule has 0 radical (unpaired) electrons. The molecule has 5 atom stereocenters. The van der Waals surface area contributed by atoms with Gasteiger partial charge in [-0.2, -0.15) is 0 Å². The van der Waals surface area contributed by atoms with Gasteiger partial charge in [-0.3, -0.25) is 15.0 Å². The van der Waals surface area contributed by atoms with Crippen molar-refractivity contribution in [2.45, 2.75) is 49.2 Å². The standard InChI is InChI=1S/C12H18BrN5O5/c1-3-22-10-12(2,13)9(20)15-11(21)18(10)8-4-6(16-17-14)7(5-19)23-8/h6-8,10,19H,3-5H2,1-2H3,(H,15,20,21)/t6?,7-,8-,10-,12+/m1/s1. The molecule has 0 aromatic carbocycles. The van der Waals surface area contributed by atoms with Crippen LogP contribution in [-0.2, 0) is 14.3 Å². The lowest BCUT2D eigenvalue weighted by molar-refractivity contribution is -0.158. The lowest BCUT2D eigenvalue weighted by Gasteiger charge is -2.45. The molecular formula is C12H18BrN5O5. The molecule has 11 heteroatoms. The maximum atomic E-state index is 12.3. The molecule has 1 unspecified atom stereocenters. The highest BCUT2D eigenvalue weighted by Crippen LogP contribution is 2.36. The fourth-order valence-corrected chi connectivity index (χ4v) is 3.13. The van der Waals surface area contributed by atoms with Crippen LogP contribution >= 0.6 is 15.9 Å². The fraction of sp³-hybridized carbons (Fsp3) is 0.833. The van der Waals surface area contributed by atoms with Crippen molar-refractivity contribution in [1.29, 1.82) is 0 Å². The molecule has 2 rings (SSSR count). The Kier molecular flexibility index (Phi) is 5.48. The highest BCUT2D eigenvalue weighted by atomic mass is 79.9. The largest absolute Gasteiger partial charge is 0.394 e. The van der Waals surface area contributed by atoms with Crippen LogP contribution in [0.15, 0.2) is 5.11 Å². The number of hydrogen-bond acceptors (Lipinski definition) is 6. The van der Waals surface area contributed by atoms with Gasteiger partial charge < -0.3 is 14.6 Å². The molecule has 2 aliphatic rings. The Labute approximate surface area is 140 Å². The second kappa shape index (κ2) is 7.02. The number of nitrogens with one attached hydrogen (secondary N) is 1. The molecule has 10 nitrogen and oxygen atoms in total. The van der Waals surface area contributed by atoms with Crippen LogP contribution in [0, 0.1) is 0 Å². The summed E-state index contributed by atoms with van der Waals surface area (Å²) in [6.45, 7) is 3.26. The third-order valence-electron chi connectivity index (χ3n) is 3.83. The summed E-state index contributed by atoms with van der Waals surface area (Å²) in [5.74, 6) is -0.513. The minimum atomic E-state index is -1.16. The highest BCUT2D eigenvalue weighted by Gasteiger charge is 2.54. The molecule has 0 aromatic rings. The first-order chi connectivity index (χ1) is 10.9. The Bertz CT molecular complexity index is 538. The molecule has 2 heterocycles. The van der Waals surface area contributed by atoms with E-state index in [2.05, 4.69) is 31.3 Å². The van der Waals surface area contributed by atoms with E-state index in [-0.39, 0.29) is 19.6 Å². The van der Waals surface area contributed by atoms with Gasteiger partial charge in [-0.1, -0.05) is 21.0 Å². The number of aliphatic hydroxyl groups excluding tert-OH is 1. The van der Waals surface area contributed by atoms with Gasteiger partial charge >= 0.3 is 6.03 Å². The molecule has 2 saturated heterocycles. The van der Waals surface area contributed by atoms with Crippen molar-refractivity contribution in [3.8, 4) is 0 Å². The minimum absolute atomic E-state index is 0.198. The third kappa shape index (κ3) is 3.29. The Morgan fingerprint density at radius 2 is 2.35 bits per heavy atom. The first-order valence-corrected chi connectivity index (χ1v) is 7.90. The molecule has 2 aliphatic heterocycles. The smallest absolute Gasteiger partial charge is 0.328 e. The fourth-order valence-electron chi connectivity index (χ4n) is 2.68. The second-order valence-corrected chi connectivity index (χ2v) is 7.02. The van der Waals surface area contributed by atoms with Crippen molar-refractivity contribution < 1.29 is 24.2 Å². The average molecular weight is 392 g/mol. The molecule has 0 aliphatic carbocycles. The van der Waals surface area contributed by atoms with Crippen LogP contribution in [0.4, 0.5) is 4.79 Å². The van der Waals surface area contributed by atoms with E-state index in [0.717, 1.165) is 0 Å². The van der Waals surface area contributed by atoms with Crippen molar-refractivity contribution in [2.24, 2.45) is 5.11 Å². The van der Waals surface area contributed by atoms with Crippen LogP contribution in [-0.4, -0.2) is 64.1 Å². The Morgan fingerprint density at radius 3 is 2.91 bits per heavy atom. The van der Waals surface area contributed by atoms with E-state index >= 15 is 0 Å². The number of amides is 3. The molecule has 0 aromatic heterocycles. The quantitative estimate of drug-likeness (QED) is 0.309.